The van der Waals surface area contributed by atoms with E-state index >= 15 is 0 Å². The Kier molecular flexibility index (Phi) is 3.29. The van der Waals surface area contributed by atoms with Crippen LogP contribution < -0.4 is 10.3 Å². The van der Waals surface area contributed by atoms with Gasteiger partial charge in [0.05, 0.1) is 17.0 Å². The number of para-hydroxylation sites is 1. The molecule has 1 aromatic carbocycles. The molecule has 0 unspecified atom stereocenters. The lowest BCUT2D eigenvalue weighted by molar-refractivity contribution is 0.433. The molecule has 0 saturated carbocycles. The van der Waals surface area contributed by atoms with Crippen molar-refractivity contribution in [3.63, 3.8) is 0 Å². The average Bonchev–Trinajstić information content (AvgIpc) is 2.33. The van der Waals surface area contributed by atoms with Gasteiger partial charge in [-0.2, -0.15) is 0 Å². The third-order valence-electron chi connectivity index (χ3n) is 2.76. The first-order valence-electron chi connectivity index (χ1n) is 5.30. The second kappa shape index (κ2) is 4.89. The lowest BCUT2D eigenvalue weighted by Gasteiger charge is -2.29. The number of benzene rings is 1. The molecule has 1 fully saturated rings. The zero-order valence-corrected chi connectivity index (χ0v) is 8.60. The number of nitroso groups, excluding NO2 is 1. The van der Waals surface area contributed by atoms with Gasteiger partial charge >= 0.3 is 0 Å². The lowest BCUT2D eigenvalue weighted by Crippen LogP contribution is -2.40. The van der Waals surface area contributed by atoms with E-state index in [1.165, 1.54) is 0 Å². The topological polar surface area (TPSA) is 44.7 Å². The standard InChI is InChI=1S/C11H15N3O/c15-13-14(10-4-2-1-3-5-10)11-6-8-12-9-7-11/h1-5,11-12H,6-9H2. The van der Waals surface area contributed by atoms with Crippen molar-refractivity contribution in [3.8, 4) is 0 Å². The number of anilines is 1. The summed E-state index contributed by atoms with van der Waals surface area (Å²) in [5, 5.41) is 8.01. The Bertz CT molecular complexity index is 309. The van der Waals surface area contributed by atoms with Crippen LogP contribution in [0.5, 0.6) is 0 Å². The van der Waals surface area contributed by atoms with Gasteiger partial charge in [-0.1, -0.05) is 18.2 Å². The van der Waals surface area contributed by atoms with E-state index in [-0.39, 0.29) is 6.04 Å². The van der Waals surface area contributed by atoms with Crippen molar-refractivity contribution in [3.05, 3.63) is 35.2 Å². The van der Waals surface area contributed by atoms with Gasteiger partial charge in [-0.25, -0.2) is 5.01 Å². The van der Waals surface area contributed by atoms with Crippen molar-refractivity contribution in [1.29, 1.82) is 0 Å². The number of piperidine rings is 1. The number of hydrogen-bond donors (Lipinski definition) is 1. The molecule has 0 atom stereocenters. The summed E-state index contributed by atoms with van der Waals surface area (Å²) in [4.78, 5) is 10.9. The van der Waals surface area contributed by atoms with Crippen LogP contribution in [0.1, 0.15) is 12.8 Å². The van der Waals surface area contributed by atoms with Gasteiger partial charge in [0.1, 0.15) is 0 Å². The summed E-state index contributed by atoms with van der Waals surface area (Å²) >= 11 is 0. The molecule has 0 aromatic heterocycles. The third kappa shape index (κ3) is 2.33. The van der Waals surface area contributed by atoms with Gasteiger partial charge in [-0.15, -0.1) is 4.91 Å². The molecule has 0 amide bonds. The van der Waals surface area contributed by atoms with E-state index in [1.807, 2.05) is 30.3 Å². The predicted octanol–water partition coefficient (Wildman–Crippen LogP) is 1.93. The van der Waals surface area contributed by atoms with Crippen LogP contribution in [0.3, 0.4) is 0 Å². The van der Waals surface area contributed by atoms with Gasteiger partial charge in [0, 0.05) is 0 Å². The van der Waals surface area contributed by atoms with E-state index in [4.69, 9.17) is 0 Å². The molecule has 0 spiro atoms. The fourth-order valence-corrected chi connectivity index (χ4v) is 1.96. The SMILES string of the molecule is O=NN(c1ccccc1)C1CCNCC1. The van der Waals surface area contributed by atoms with Crippen LogP contribution in [0.25, 0.3) is 0 Å². The van der Waals surface area contributed by atoms with Gasteiger partial charge in [0.2, 0.25) is 0 Å². The van der Waals surface area contributed by atoms with Crippen LogP contribution in [0.2, 0.25) is 0 Å². The first-order valence-corrected chi connectivity index (χ1v) is 5.30. The maximum absolute atomic E-state index is 10.9. The Hall–Kier alpha value is -1.42. The lowest BCUT2D eigenvalue weighted by atomic mass is 10.1. The van der Waals surface area contributed by atoms with Crippen molar-refractivity contribution in [1.82, 2.24) is 5.32 Å². The van der Waals surface area contributed by atoms with Crippen molar-refractivity contribution >= 4 is 5.69 Å². The Morgan fingerprint density at radius 2 is 1.87 bits per heavy atom. The van der Waals surface area contributed by atoms with Gasteiger partial charge in [-0.05, 0) is 38.1 Å². The van der Waals surface area contributed by atoms with E-state index in [0.717, 1.165) is 31.6 Å². The second-order valence-corrected chi connectivity index (χ2v) is 3.74. The molecule has 2 rings (SSSR count). The van der Waals surface area contributed by atoms with Crippen molar-refractivity contribution in [2.45, 2.75) is 18.9 Å². The molecule has 1 N–H and O–H groups in total. The van der Waals surface area contributed by atoms with Crippen LogP contribution in [0.15, 0.2) is 35.6 Å². The van der Waals surface area contributed by atoms with Gasteiger partial charge in [0.25, 0.3) is 0 Å². The molecule has 4 nitrogen and oxygen atoms in total. The van der Waals surface area contributed by atoms with Gasteiger partial charge < -0.3 is 5.32 Å². The molecule has 1 aliphatic rings. The predicted molar refractivity (Wildman–Crippen MR) is 60.6 cm³/mol. The fourth-order valence-electron chi connectivity index (χ4n) is 1.96. The van der Waals surface area contributed by atoms with Crippen LogP contribution in [0.4, 0.5) is 5.69 Å². The third-order valence-corrected chi connectivity index (χ3v) is 2.76. The highest BCUT2D eigenvalue weighted by Crippen LogP contribution is 2.21. The van der Waals surface area contributed by atoms with Gasteiger partial charge in [0.15, 0.2) is 0 Å². The molecule has 0 aliphatic carbocycles. The molecule has 1 aliphatic heterocycles. The van der Waals surface area contributed by atoms with Crippen LogP contribution in [0, 0.1) is 4.91 Å². The summed E-state index contributed by atoms with van der Waals surface area (Å²) in [6, 6.07) is 9.87. The molecule has 0 bridgehead atoms. The van der Waals surface area contributed by atoms with E-state index in [9.17, 15) is 4.91 Å². The van der Waals surface area contributed by atoms with Crippen LogP contribution in [-0.4, -0.2) is 19.1 Å². The summed E-state index contributed by atoms with van der Waals surface area (Å²) in [5.41, 5.74) is 0.888. The molecule has 1 aromatic rings. The monoisotopic (exact) mass is 205 g/mol. The quantitative estimate of drug-likeness (QED) is 0.605. The van der Waals surface area contributed by atoms with E-state index in [0.29, 0.717) is 0 Å². The molecular weight excluding hydrogens is 190 g/mol. The largest absolute Gasteiger partial charge is 0.317 e. The molecule has 4 heteroatoms. The maximum atomic E-state index is 10.9. The number of nitrogens with zero attached hydrogens (tertiary/aromatic N) is 2. The van der Waals surface area contributed by atoms with Crippen molar-refractivity contribution in [2.24, 2.45) is 5.29 Å². The zero-order chi connectivity index (χ0) is 10.5. The van der Waals surface area contributed by atoms with Crippen molar-refractivity contribution in [2.75, 3.05) is 18.1 Å². The van der Waals surface area contributed by atoms with Crippen LogP contribution >= 0.6 is 0 Å². The van der Waals surface area contributed by atoms with E-state index in [2.05, 4.69) is 10.6 Å². The minimum Gasteiger partial charge on any atom is -0.317 e. The van der Waals surface area contributed by atoms with Crippen molar-refractivity contribution < 1.29 is 0 Å². The second-order valence-electron chi connectivity index (χ2n) is 3.74. The van der Waals surface area contributed by atoms with E-state index in [1.54, 1.807) is 5.01 Å². The fraction of sp³-hybridized carbons (Fsp3) is 0.455. The highest BCUT2D eigenvalue weighted by Gasteiger charge is 2.21. The normalized spacial score (nSPS) is 17.3. The van der Waals surface area contributed by atoms with Gasteiger partial charge in [-0.3, -0.25) is 0 Å². The summed E-state index contributed by atoms with van der Waals surface area (Å²) in [6.07, 6.45) is 1.95. The molecule has 1 heterocycles. The number of hydrogen-bond acceptors (Lipinski definition) is 3. The summed E-state index contributed by atoms with van der Waals surface area (Å²) in [5.74, 6) is 0. The Morgan fingerprint density at radius 1 is 1.20 bits per heavy atom. The molecule has 80 valence electrons. The smallest absolute Gasteiger partial charge is 0.0629 e. The molecular formula is C11H15N3O. The highest BCUT2D eigenvalue weighted by molar-refractivity contribution is 5.46. The Morgan fingerprint density at radius 3 is 2.47 bits per heavy atom. The van der Waals surface area contributed by atoms with Crippen LogP contribution in [-0.2, 0) is 0 Å². The maximum Gasteiger partial charge on any atom is 0.0629 e. The Balaban J connectivity index is 2.12. The summed E-state index contributed by atoms with van der Waals surface area (Å²) in [7, 11) is 0. The van der Waals surface area contributed by atoms with E-state index < -0.39 is 0 Å². The highest BCUT2D eigenvalue weighted by atomic mass is 16.3. The first kappa shape index (κ1) is 10.1. The molecule has 1 saturated heterocycles. The zero-order valence-electron chi connectivity index (χ0n) is 8.60. The summed E-state index contributed by atoms with van der Waals surface area (Å²) in [6.45, 7) is 1.92. The number of nitrogens with one attached hydrogen (secondary N) is 1. The Labute approximate surface area is 89.2 Å². The molecule has 15 heavy (non-hydrogen) atoms. The molecule has 0 radical (unpaired) electrons. The number of rotatable bonds is 3. The minimum atomic E-state index is 0.242. The first-order chi connectivity index (χ1) is 7.42. The summed E-state index contributed by atoms with van der Waals surface area (Å²) < 4.78 is 0. The minimum absolute atomic E-state index is 0.242. The average molecular weight is 205 g/mol.